The summed E-state index contributed by atoms with van der Waals surface area (Å²) in [5, 5.41) is 4.51. The average molecular weight is 278 g/mol. The molecule has 0 amide bonds. The highest BCUT2D eigenvalue weighted by Gasteiger charge is 2.34. The van der Waals surface area contributed by atoms with Gasteiger partial charge in [-0.1, -0.05) is 38.4 Å². The van der Waals surface area contributed by atoms with E-state index in [1.165, 1.54) is 42.5 Å². The molecule has 1 aromatic carbocycles. The van der Waals surface area contributed by atoms with E-state index >= 15 is 0 Å². The molecule has 0 radical (unpaired) electrons. The predicted molar refractivity (Wildman–Crippen MR) is 83.2 cm³/mol. The first-order chi connectivity index (χ1) is 8.97. The predicted octanol–water partition coefficient (Wildman–Crippen LogP) is 5.24. The fourth-order valence-electron chi connectivity index (χ4n) is 3.33. The van der Waals surface area contributed by atoms with Gasteiger partial charge in [-0.15, -0.1) is 0 Å². The van der Waals surface area contributed by atoms with Gasteiger partial charge in [0, 0.05) is 6.54 Å². The normalized spacial score (nSPS) is 22.4. The van der Waals surface area contributed by atoms with Gasteiger partial charge in [0.2, 0.25) is 0 Å². The first-order valence-corrected chi connectivity index (χ1v) is 7.90. The maximum absolute atomic E-state index is 6.41. The Labute approximate surface area is 121 Å². The lowest BCUT2D eigenvalue weighted by molar-refractivity contribution is 0.319. The van der Waals surface area contributed by atoms with Crippen LogP contribution in [0.3, 0.4) is 0 Å². The minimum Gasteiger partial charge on any atom is -0.383 e. The number of hydrogen-bond donors (Lipinski definition) is 1. The Hall–Kier alpha value is -0.690. The third-order valence-electron chi connectivity index (χ3n) is 4.67. The highest BCUT2D eigenvalue weighted by atomic mass is 35.5. The van der Waals surface area contributed by atoms with Crippen molar-refractivity contribution in [3.05, 3.63) is 28.3 Å². The number of benzene rings is 1. The standard InChI is InChI=1S/C17H24ClN/c1-17(2,3)14-8-6-13-12(14)7-9-15(18)16(13)19-10-11-4-5-11/h7,9,11,14,19H,4-6,8,10H2,1-3H3/t14-/m1/s1. The zero-order valence-electron chi connectivity index (χ0n) is 12.2. The molecule has 1 atom stereocenters. The Kier molecular flexibility index (Phi) is 3.29. The van der Waals surface area contributed by atoms with Gasteiger partial charge in [-0.25, -0.2) is 0 Å². The fourth-order valence-corrected chi connectivity index (χ4v) is 3.58. The maximum Gasteiger partial charge on any atom is 0.0640 e. The molecule has 104 valence electrons. The van der Waals surface area contributed by atoms with Gasteiger partial charge in [-0.3, -0.25) is 0 Å². The van der Waals surface area contributed by atoms with Crippen LogP contribution < -0.4 is 5.32 Å². The van der Waals surface area contributed by atoms with Crippen molar-refractivity contribution in [3.8, 4) is 0 Å². The molecule has 1 aromatic rings. The Morgan fingerprint density at radius 1 is 1.21 bits per heavy atom. The van der Waals surface area contributed by atoms with Crippen molar-refractivity contribution in [1.82, 2.24) is 0 Å². The lowest BCUT2D eigenvalue weighted by Crippen LogP contribution is -2.16. The number of anilines is 1. The highest BCUT2D eigenvalue weighted by Crippen LogP contribution is 2.48. The molecule has 1 nitrogen and oxygen atoms in total. The van der Waals surface area contributed by atoms with E-state index in [4.69, 9.17) is 11.6 Å². The number of halogens is 1. The molecule has 0 saturated heterocycles. The second kappa shape index (κ2) is 4.70. The van der Waals surface area contributed by atoms with Crippen molar-refractivity contribution < 1.29 is 0 Å². The molecule has 1 saturated carbocycles. The molecule has 19 heavy (non-hydrogen) atoms. The van der Waals surface area contributed by atoms with Gasteiger partial charge >= 0.3 is 0 Å². The fraction of sp³-hybridized carbons (Fsp3) is 0.647. The molecule has 2 heteroatoms. The van der Waals surface area contributed by atoms with Crippen LogP contribution in [0.2, 0.25) is 5.02 Å². The van der Waals surface area contributed by atoms with E-state index in [-0.39, 0.29) is 0 Å². The van der Waals surface area contributed by atoms with Crippen molar-refractivity contribution >= 4 is 17.3 Å². The Balaban J connectivity index is 1.90. The van der Waals surface area contributed by atoms with E-state index in [9.17, 15) is 0 Å². The molecular formula is C17H24ClN. The lowest BCUT2D eigenvalue weighted by atomic mass is 9.77. The van der Waals surface area contributed by atoms with Gasteiger partial charge in [0.05, 0.1) is 10.7 Å². The summed E-state index contributed by atoms with van der Waals surface area (Å²) in [6.07, 6.45) is 5.19. The van der Waals surface area contributed by atoms with Crippen LogP contribution in [0.4, 0.5) is 5.69 Å². The number of fused-ring (bicyclic) bond motifs is 1. The van der Waals surface area contributed by atoms with E-state index in [1.807, 2.05) is 0 Å². The summed E-state index contributed by atoms with van der Waals surface area (Å²) in [4.78, 5) is 0. The molecule has 2 aliphatic rings. The second-order valence-corrected chi connectivity index (χ2v) is 7.68. The molecule has 0 aromatic heterocycles. The molecule has 0 heterocycles. The van der Waals surface area contributed by atoms with Crippen molar-refractivity contribution in [2.75, 3.05) is 11.9 Å². The molecule has 0 unspecified atom stereocenters. The van der Waals surface area contributed by atoms with Gasteiger partial charge in [-0.2, -0.15) is 0 Å². The minimum absolute atomic E-state index is 0.340. The van der Waals surface area contributed by atoms with Crippen molar-refractivity contribution in [2.24, 2.45) is 11.3 Å². The van der Waals surface area contributed by atoms with E-state index in [2.05, 4.69) is 38.2 Å². The van der Waals surface area contributed by atoms with Crippen molar-refractivity contribution in [1.29, 1.82) is 0 Å². The average Bonchev–Trinajstić information content (AvgIpc) is 3.03. The molecule has 3 rings (SSSR count). The third kappa shape index (κ3) is 2.63. The van der Waals surface area contributed by atoms with E-state index in [0.717, 1.165) is 17.5 Å². The zero-order valence-corrected chi connectivity index (χ0v) is 13.0. The van der Waals surface area contributed by atoms with Crippen molar-refractivity contribution in [3.63, 3.8) is 0 Å². The van der Waals surface area contributed by atoms with Gasteiger partial charge in [0.1, 0.15) is 0 Å². The summed E-state index contributed by atoms with van der Waals surface area (Å²) < 4.78 is 0. The van der Waals surface area contributed by atoms with Crippen LogP contribution in [-0.2, 0) is 6.42 Å². The zero-order chi connectivity index (χ0) is 13.6. The van der Waals surface area contributed by atoms with Gasteiger partial charge in [0.15, 0.2) is 0 Å². The van der Waals surface area contributed by atoms with Crippen LogP contribution in [0.1, 0.15) is 57.1 Å². The quantitative estimate of drug-likeness (QED) is 0.797. The van der Waals surface area contributed by atoms with Crippen LogP contribution in [0.15, 0.2) is 12.1 Å². The monoisotopic (exact) mass is 277 g/mol. The lowest BCUT2D eigenvalue weighted by Gasteiger charge is -2.28. The highest BCUT2D eigenvalue weighted by molar-refractivity contribution is 6.33. The molecule has 1 N–H and O–H groups in total. The van der Waals surface area contributed by atoms with Crippen LogP contribution in [-0.4, -0.2) is 6.54 Å². The second-order valence-electron chi connectivity index (χ2n) is 7.27. The van der Waals surface area contributed by atoms with E-state index < -0.39 is 0 Å². The third-order valence-corrected chi connectivity index (χ3v) is 4.98. The van der Waals surface area contributed by atoms with Gasteiger partial charge in [0.25, 0.3) is 0 Å². The summed E-state index contributed by atoms with van der Waals surface area (Å²) in [5.41, 5.74) is 4.56. The van der Waals surface area contributed by atoms with Gasteiger partial charge < -0.3 is 5.32 Å². The molecule has 2 aliphatic carbocycles. The molecular weight excluding hydrogens is 254 g/mol. The van der Waals surface area contributed by atoms with Gasteiger partial charge in [-0.05, 0) is 60.1 Å². The molecule has 0 bridgehead atoms. The van der Waals surface area contributed by atoms with E-state index in [1.54, 1.807) is 0 Å². The van der Waals surface area contributed by atoms with Crippen LogP contribution in [0, 0.1) is 11.3 Å². The summed E-state index contributed by atoms with van der Waals surface area (Å²) in [6, 6.07) is 4.34. The summed E-state index contributed by atoms with van der Waals surface area (Å²) >= 11 is 6.41. The van der Waals surface area contributed by atoms with Crippen LogP contribution >= 0.6 is 11.6 Å². The Morgan fingerprint density at radius 2 is 1.95 bits per heavy atom. The maximum atomic E-state index is 6.41. The minimum atomic E-state index is 0.340. The molecule has 0 aliphatic heterocycles. The first kappa shape index (κ1) is 13.3. The van der Waals surface area contributed by atoms with E-state index in [0.29, 0.717) is 11.3 Å². The number of hydrogen-bond acceptors (Lipinski definition) is 1. The number of rotatable bonds is 3. The Morgan fingerprint density at radius 3 is 2.58 bits per heavy atom. The molecule has 1 fully saturated rings. The topological polar surface area (TPSA) is 12.0 Å². The summed E-state index contributed by atoms with van der Waals surface area (Å²) in [7, 11) is 0. The SMILES string of the molecule is CC(C)(C)[C@@H]1CCc2c1ccc(Cl)c2NCC1CC1. The summed E-state index contributed by atoms with van der Waals surface area (Å²) in [6.45, 7) is 8.13. The first-order valence-electron chi connectivity index (χ1n) is 7.52. The molecule has 0 spiro atoms. The van der Waals surface area contributed by atoms with Crippen molar-refractivity contribution in [2.45, 2.75) is 52.4 Å². The largest absolute Gasteiger partial charge is 0.383 e. The van der Waals surface area contributed by atoms with Crippen LogP contribution in [0.5, 0.6) is 0 Å². The smallest absolute Gasteiger partial charge is 0.0640 e. The van der Waals surface area contributed by atoms with Crippen LogP contribution in [0.25, 0.3) is 0 Å². The Bertz CT molecular complexity index is 483. The summed E-state index contributed by atoms with van der Waals surface area (Å²) in [5.74, 6) is 1.55. The number of nitrogens with one attached hydrogen (secondary N) is 1.